The smallest absolute Gasteiger partial charge is 0.266 e. The molecule has 0 radical (unpaired) electrons. The van der Waals surface area contributed by atoms with Crippen molar-refractivity contribution in [2.24, 2.45) is 0 Å². The van der Waals surface area contributed by atoms with E-state index in [1.165, 1.54) is 31.5 Å². The van der Waals surface area contributed by atoms with Gasteiger partial charge in [-0.15, -0.1) is 0 Å². The molecular formula is C11H12N4O3S. The second-order valence-electron chi connectivity index (χ2n) is 3.57. The predicted octanol–water partition coefficient (Wildman–Crippen LogP) is 0.868. The topological polar surface area (TPSA) is 107 Å². The van der Waals surface area contributed by atoms with Gasteiger partial charge in [0.1, 0.15) is 4.90 Å². The van der Waals surface area contributed by atoms with Gasteiger partial charge in [-0.2, -0.15) is 4.98 Å². The highest BCUT2D eigenvalue weighted by atomic mass is 32.2. The molecule has 1 aromatic heterocycles. The monoisotopic (exact) mass is 280 g/mol. The number of sulfonamides is 1. The molecule has 3 N–H and O–H groups in total. The molecule has 0 spiro atoms. The van der Waals surface area contributed by atoms with Crippen LogP contribution in [0.2, 0.25) is 0 Å². The summed E-state index contributed by atoms with van der Waals surface area (Å²) in [7, 11) is -2.40. The zero-order chi connectivity index (χ0) is 13.9. The molecule has 8 heteroatoms. The van der Waals surface area contributed by atoms with Crippen LogP contribution in [0.5, 0.6) is 5.88 Å². The first kappa shape index (κ1) is 13.1. The fourth-order valence-electron chi connectivity index (χ4n) is 1.41. The Labute approximate surface area is 110 Å². The molecule has 0 saturated heterocycles. The molecule has 19 heavy (non-hydrogen) atoms. The Morgan fingerprint density at radius 3 is 2.68 bits per heavy atom. The van der Waals surface area contributed by atoms with Gasteiger partial charge >= 0.3 is 0 Å². The molecular weight excluding hydrogens is 268 g/mol. The Balaban J connectivity index is 2.34. The normalized spacial score (nSPS) is 11.0. The van der Waals surface area contributed by atoms with Gasteiger partial charge in [-0.3, -0.25) is 0 Å². The summed E-state index contributed by atoms with van der Waals surface area (Å²) in [5, 5.41) is 0. The van der Waals surface area contributed by atoms with Crippen molar-refractivity contribution in [1.29, 1.82) is 0 Å². The average molecular weight is 280 g/mol. The molecule has 0 fully saturated rings. The molecule has 0 atom stereocenters. The summed E-state index contributed by atoms with van der Waals surface area (Å²) >= 11 is 0. The van der Waals surface area contributed by atoms with E-state index in [1.807, 2.05) is 0 Å². The maximum atomic E-state index is 12.1. The molecule has 0 aliphatic carbocycles. The van der Waals surface area contributed by atoms with Crippen molar-refractivity contribution >= 4 is 21.7 Å². The van der Waals surface area contributed by atoms with E-state index >= 15 is 0 Å². The molecule has 0 amide bonds. The first-order chi connectivity index (χ1) is 9.03. The minimum absolute atomic E-state index is 0.0265. The molecule has 2 aromatic rings. The molecule has 7 nitrogen and oxygen atoms in total. The van der Waals surface area contributed by atoms with Crippen molar-refractivity contribution in [1.82, 2.24) is 9.97 Å². The third-order valence-corrected chi connectivity index (χ3v) is 3.68. The van der Waals surface area contributed by atoms with E-state index in [-0.39, 0.29) is 22.4 Å². The maximum absolute atomic E-state index is 12.1. The standard InChI is InChI=1S/C11H12N4O3S/c1-18-10-6-7-13-11(14-10)15-19(16,17)9-5-3-2-4-8(9)12/h2-7H,12H2,1H3,(H,13,14,15). The minimum atomic E-state index is -3.82. The van der Waals surface area contributed by atoms with Crippen molar-refractivity contribution in [2.45, 2.75) is 4.90 Å². The van der Waals surface area contributed by atoms with E-state index in [0.717, 1.165) is 0 Å². The number of nitrogen functional groups attached to an aromatic ring is 1. The van der Waals surface area contributed by atoms with Crippen LogP contribution in [0.3, 0.4) is 0 Å². The number of ether oxygens (including phenoxy) is 1. The third kappa shape index (κ3) is 2.91. The highest BCUT2D eigenvalue weighted by molar-refractivity contribution is 7.92. The average Bonchev–Trinajstić information content (AvgIpc) is 2.38. The summed E-state index contributed by atoms with van der Waals surface area (Å²) in [6.45, 7) is 0. The Hall–Kier alpha value is -2.35. The SMILES string of the molecule is COc1ccnc(NS(=O)(=O)c2ccccc2N)n1. The summed E-state index contributed by atoms with van der Waals surface area (Å²) in [4.78, 5) is 7.65. The first-order valence-electron chi connectivity index (χ1n) is 5.27. The van der Waals surface area contributed by atoms with E-state index in [1.54, 1.807) is 12.1 Å². The number of benzene rings is 1. The Kier molecular flexibility index (Phi) is 3.52. The van der Waals surface area contributed by atoms with Crippen LogP contribution in [0.1, 0.15) is 0 Å². The predicted molar refractivity (Wildman–Crippen MR) is 70.2 cm³/mol. The van der Waals surface area contributed by atoms with Crippen molar-refractivity contribution in [3.63, 3.8) is 0 Å². The second-order valence-corrected chi connectivity index (χ2v) is 5.22. The molecule has 1 heterocycles. The van der Waals surface area contributed by atoms with E-state index < -0.39 is 10.0 Å². The largest absolute Gasteiger partial charge is 0.481 e. The number of para-hydroxylation sites is 1. The van der Waals surface area contributed by atoms with Crippen LogP contribution in [0.4, 0.5) is 11.6 Å². The van der Waals surface area contributed by atoms with E-state index in [0.29, 0.717) is 0 Å². The number of anilines is 2. The second kappa shape index (κ2) is 5.11. The number of hydrogen-bond donors (Lipinski definition) is 2. The molecule has 0 unspecified atom stereocenters. The third-order valence-electron chi connectivity index (χ3n) is 2.27. The number of rotatable bonds is 4. The van der Waals surface area contributed by atoms with Gasteiger partial charge in [-0.25, -0.2) is 18.1 Å². The number of nitrogens with two attached hydrogens (primary N) is 1. The van der Waals surface area contributed by atoms with Crippen LogP contribution in [0.15, 0.2) is 41.4 Å². The lowest BCUT2D eigenvalue weighted by molar-refractivity contribution is 0.397. The fourth-order valence-corrected chi connectivity index (χ4v) is 2.49. The van der Waals surface area contributed by atoms with Crippen molar-refractivity contribution in [2.75, 3.05) is 17.6 Å². The van der Waals surface area contributed by atoms with Crippen molar-refractivity contribution in [3.8, 4) is 5.88 Å². The number of hydrogen-bond acceptors (Lipinski definition) is 6. The Morgan fingerprint density at radius 2 is 2.00 bits per heavy atom. The zero-order valence-corrected chi connectivity index (χ0v) is 10.9. The lowest BCUT2D eigenvalue weighted by Crippen LogP contribution is -2.16. The minimum Gasteiger partial charge on any atom is -0.481 e. The molecule has 0 saturated carbocycles. The van der Waals surface area contributed by atoms with Gasteiger partial charge in [0, 0.05) is 12.3 Å². The number of nitrogens with one attached hydrogen (secondary N) is 1. The van der Waals surface area contributed by atoms with Crippen LogP contribution >= 0.6 is 0 Å². The Morgan fingerprint density at radius 1 is 1.26 bits per heavy atom. The van der Waals surface area contributed by atoms with Crippen molar-refractivity contribution in [3.05, 3.63) is 36.5 Å². The van der Waals surface area contributed by atoms with Crippen LogP contribution in [-0.4, -0.2) is 25.5 Å². The van der Waals surface area contributed by atoms with Gasteiger partial charge in [0.2, 0.25) is 11.8 Å². The molecule has 0 bridgehead atoms. The van der Waals surface area contributed by atoms with Gasteiger partial charge in [-0.1, -0.05) is 12.1 Å². The molecule has 2 rings (SSSR count). The first-order valence-corrected chi connectivity index (χ1v) is 6.75. The lowest BCUT2D eigenvalue weighted by atomic mass is 10.3. The van der Waals surface area contributed by atoms with E-state index in [4.69, 9.17) is 10.5 Å². The van der Waals surface area contributed by atoms with Crippen LogP contribution in [0, 0.1) is 0 Å². The molecule has 100 valence electrons. The molecule has 0 aliphatic rings. The summed E-state index contributed by atoms with van der Waals surface area (Å²) < 4.78 is 31.3. The maximum Gasteiger partial charge on any atom is 0.266 e. The Bertz CT molecular complexity index is 688. The summed E-state index contributed by atoms with van der Waals surface area (Å²) in [5.74, 6) is 0.177. The van der Waals surface area contributed by atoms with Crippen LogP contribution in [0.25, 0.3) is 0 Å². The summed E-state index contributed by atoms with van der Waals surface area (Å²) in [6.07, 6.45) is 1.39. The van der Waals surface area contributed by atoms with E-state index in [9.17, 15) is 8.42 Å². The van der Waals surface area contributed by atoms with Gasteiger partial charge in [0.25, 0.3) is 10.0 Å². The van der Waals surface area contributed by atoms with Gasteiger partial charge in [0.05, 0.1) is 12.8 Å². The van der Waals surface area contributed by atoms with E-state index in [2.05, 4.69) is 14.7 Å². The zero-order valence-electron chi connectivity index (χ0n) is 10.1. The number of nitrogens with zero attached hydrogens (tertiary/aromatic N) is 2. The highest BCUT2D eigenvalue weighted by Crippen LogP contribution is 2.20. The van der Waals surface area contributed by atoms with Gasteiger partial charge in [-0.05, 0) is 12.1 Å². The highest BCUT2D eigenvalue weighted by Gasteiger charge is 2.18. The fraction of sp³-hybridized carbons (Fsp3) is 0.0909. The number of methoxy groups -OCH3 is 1. The van der Waals surface area contributed by atoms with Gasteiger partial charge in [0.15, 0.2) is 0 Å². The molecule has 0 aliphatic heterocycles. The van der Waals surface area contributed by atoms with Crippen LogP contribution < -0.4 is 15.2 Å². The van der Waals surface area contributed by atoms with Gasteiger partial charge < -0.3 is 10.5 Å². The quantitative estimate of drug-likeness (QED) is 0.805. The lowest BCUT2D eigenvalue weighted by Gasteiger charge is -2.08. The molecule has 1 aromatic carbocycles. The number of aromatic nitrogens is 2. The van der Waals surface area contributed by atoms with Crippen molar-refractivity contribution < 1.29 is 13.2 Å². The summed E-state index contributed by atoms with van der Waals surface area (Å²) in [6, 6.07) is 7.64. The van der Waals surface area contributed by atoms with Crippen LogP contribution in [-0.2, 0) is 10.0 Å². The summed E-state index contributed by atoms with van der Waals surface area (Å²) in [5.41, 5.74) is 5.78.